The van der Waals surface area contributed by atoms with Crippen LogP contribution in [0.4, 0.5) is 10.1 Å². The van der Waals surface area contributed by atoms with Gasteiger partial charge < -0.3 is 10.2 Å². The van der Waals surface area contributed by atoms with E-state index >= 15 is 0 Å². The Balaban J connectivity index is 1.85. The molecule has 1 aromatic rings. The highest BCUT2D eigenvalue weighted by atomic mass is 19.1. The minimum Gasteiger partial charge on any atom is -0.336 e. The summed E-state index contributed by atoms with van der Waals surface area (Å²) in [6, 6.07) is 5.69. The van der Waals surface area contributed by atoms with Crippen molar-refractivity contribution in [2.45, 2.75) is 25.7 Å². The molecule has 1 saturated carbocycles. The van der Waals surface area contributed by atoms with E-state index in [1.54, 1.807) is 13.1 Å². The molecule has 1 aromatic carbocycles. The van der Waals surface area contributed by atoms with Gasteiger partial charge in [-0.3, -0.25) is 9.59 Å². The van der Waals surface area contributed by atoms with Crippen molar-refractivity contribution in [1.82, 2.24) is 4.90 Å². The number of halogens is 1. The molecule has 2 amide bonds. The van der Waals surface area contributed by atoms with Crippen molar-refractivity contribution in [3.8, 4) is 0 Å². The molecule has 1 N–H and O–H groups in total. The molecule has 0 atom stereocenters. The van der Waals surface area contributed by atoms with Crippen LogP contribution in [-0.2, 0) is 9.59 Å². The summed E-state index contributed by atoms with van der Waals surface area (Å²) in [4.78, 5) is 25.3. The normalized spacial score (nSPS) is 15.1. The minimum absolute atomic E-state index is 0.00809. The van der Waals surface area contributed by atoms with Gasteiger partial charge in [-0.05, 0) is 31.0 Å². The summed E-state index contributed by atoms with van der Waals surface area (Å²) in [5.74, 6) is -0.638. The number of nitrogens with zero attached hydrogens (tertiary/aromatic N) is 1. The van der Waals surface area contributed by atoms with Crippen LogP contribution >= 0.6 is 0 Å². The van der Waals surface area contributed by atoms with Crippen LogP contribution in [0.3, 0.4) is 0 Å². The molecule has 0 bridgehead atoms. The summed E-state index contributed by atoms with van der Waals surface area (Å²) < 4.78 is 13.0. The molecule has 1 aliphatic carbocycles. The van der Waals surface area contributed by atoms with Gasteiger partial charge in [-0.15, -0.1) is 0 Å². The van der Waals surface area contributed by atoms with Gasteiger partial charge in [0.1, 0.15) is 5.82 Å². The van der Waals surface area contributed by atoms with Crippen molar-refractivity contribution in [2.75, 3.05) is 18.9 Å². The molecular weight excluding hydrogens is 259 g/mol. The second-order valence-corrected chi connectivity index (χ2v) is 5.23. The number of anilines is 1. The fourth-order valence-electron chi connectivity index (χ4n) is 2.54. The Labute approximate surface area is 118 Å². The third kappa shape index (κ3) is 3.79. The van der Waals surface area contributed by atoms with Gasteiger partial charge in [0.15, 0.2) is 0 Å². The summed E-state index contributed by atoms with van der Waals surface area (Å²) in [6.45, 7) is -0.00809. The zero-order valence-electron chi connectivity index (χ0n) is 11.6. The summed E-state index contributed by atoms with van der Waals surface area (Å²) in [5.41, 5.74) is 0.400. The first-order chi connectivity index (χ1) is 9.56. The lowest BCUT2D eigenvalue weighted by atomic mass is 10.1. The Bertz CT molecular complexity index is 498. The maximum Gasteiger partial charge on any atom is 0.243 e. The molecule has 0 aliphatic heterocycles. The Hall–Kier alpha value is -1.91. The fraction of sp³-hybridized carbons (Fsp3) is 0.467. The van der Waals surface area contributed by atoms with E-state index in [0.29, 0.717) is 5.69 Å². The molecule has 0 radical (unpaired) electrons. The zero-order chi connectivity index (χ0) is 14.5. The Morgan fingerprint density at radius 2 is 2.05 bits per heavy atom. The predicted octanol–water partition coefficient (Wildman–Crippen LogP) is 2.41. The maximum absolute atomic E-state index is 13.0. The Kier molecular flexibility index (Phi) is 4.71. The number of nitrogens with one attached hydrogen (secondary N) is 1. The lowest BCUT2D eigenvalue weighted by Gasteiger charge is -2.20. The molecule has 0 heterocycles. The van der Waals surface area contributed by atoms with Crippen molar-refractivity contribution in [3.63, 3.8) is 0 Å². The molecule has 1 aliphatic rings. The largest absolute Gasteiger partial charge is 0.336 e. The van der Waals surface area contributed by atoms with Crippen LogP contribution in [0.1, 0.15) is 25.7 Å². The number of benzene rings is 1. The fourth-order valence-corrected chi connectivity index (χ4v) is 2.54. The van der Waals surface area contributed by atoms with Crippen molar-refractivity contribution in [1.29, 1.82) is 0 Å². The molecule has 1 fully saturated rings. The molecule has 0 unspecified atom stereocenters. The molecular formula is C15H19FN2O2. The third-order valence-corrected chi connectivity index (χ3v) is 3.57. The standard InChI is InChI=1S/C15H19FN2O2/c1-18(15(20)11-5-2-3-6-11)10-14(19)17-13-8-4-7-12(16)9-13/h4,7-9,11H,2-3,5-6,10H2,1H3,(H,17,19). The number of hydrogen-bond acceptors (Lipinski definition) is 2. The lowest BCUT2D eigenvalue weighted by molar-refractivity contribution is -0.136. The third-order valence-electron chi connectivity index (χ3n) is 3.57. The van der Waals surface area contributed by atoms with E-state index in [9.17, 15) is 14.0 Å². The first kappa shape index (κ1) is 14.5. The van der Waals surface area contributed by atoms with Crippen molar-refractivity contribution in [3.05, 3.63) is 30.1 Å². The molecule has 0 aromatic heterocycles. The van der Waals surface area contributed by atoms with Gasteiger partial charge in [0.05, 0.1) is 6.54 Å². The highest BCUT2D eigenvalue weighted by Gasteiger charge is 2.26. The monoisotopic (exact) mass is 278 g/mol. The molecule has 0 spiro atoms. The maximum atomic E-state index is 13.0. The van der Waals surface area contributed by atoms with Crippen LogP contribution in [0.2, 0.25) is 0 Å². The van der Waals surface area contributed by atoms with Crippen LogP contribution in [-0.4, -0.2) is 30.3 Å². The SMILES string of the molecule is CN(CC(=O)Nc1cccc(F)c1)C(=O)C1CCCC1. The van der Waals surface area contributed by atoms with E-state index in [1.165, 1.54) is 23.1 Å². The number of hydrogen-bond donors (Lipinski definition) is 1. The number of likely N-dealkylation sites (N-methyl/N-ethyl adjacent to an activating group) is 1. The van der Waals surface area contributed by atoms with Gasteiger partial charge >= 0.3 is 0 Å². The summed E-state index contributed by atoms with van der Waals surface area (Å²) in [6.07, 6.45) is 3.99. The first-order valence-corrected chi connectivity index (χ1v) is 6.86. The van der Waals surface area contributed by atoms with E-state index < -0.39 is 5.82 Å². The van der Waals surface area contributed by atoms with Gasteiger partial charge in [-0.2, -0.15) is 0 Å². The minimum atomic E-state index is -0.404. The number of carbonyl (C=O) groups excluding carboxylic acids is 2. The van der Waals surface area contributed by atoms with Crippen molar-refractivity contribution in [2.24, 2.45) is 5.92 Å². The van der Waals surface area contributed by atoms with E-state index in [4.69, 9.17) is 0 Å². The predicted molar refractivity (Wildman–Crippen MR) is 74.6 cm³/mol. The average Bonchev–Trinajstić information content (AvgIpc) is 2.91. The van der Waals surface area contributed by atoms with Crippen LogP contribution < -0.4 is 5.32 Å². The quantitative estimate of drug-likeness (QED) is 0.919. The highest BCUT2D eigenvalue weighted by molar-refractivity contribution is 5.94. The molecule has 4 nitrogen and oxygen atoms in total. The molecule has 0 saturated heterocycles. The molecule has 5 heteroatoms. The summed E-state index contributed by atoms with van der Waals surface area (Å²) >= 11 is 0. The van der Waals surface area contributed by atoms with E-state index in [-0.39, 0.29) is 24.3 Å². The summed E-state index contributed by atoms with van der Waals surface area (Å²) in [5, 5.41) is 2.59. The highest BCUT2D eigenvalue weighted by Crippen LogP contribution is 2.26. The van der Waals surface area contributed by atoms with Gasteiger partial charge in [-0.1, -0.05) is 18.9 Å². The van der Waals surface area contributed by atoms with E-state index in [2.05, 4.69) is 5.32 Å². The average molecular weight is 278 g/mol. The summed E-state index contributed by atoms with van der Waals surface area (Å²) in [7, 11) is 1.63. The molecule has 108 valence electrons. The van der Waals surface area contributed by atoms with Crippen LogP contribution in [0.5, 0.6) is 0 Å². The molecule has 2 rings (SSSR count). The Morgan fingerprint density at radius 3 is 2.70 bits per heavy atom. The van der Waals surface area contributed by atoms with E-state index in [1.807, 2.05) is 0 Å². The van der Waals surface area contributed by atoms with Gasteiger partial charge in [0, 0.05) is 18.7 Å². The zero-order valence-corrected chi connectivity index (χ0v) is 11.6. The van der Waals surface area contributed by atoms with Gasteiger partial charge in [0.2, 0.25) is 11.8 Å². The number of amides is 2. The van der Waals surface area contributed by atoms with Crippen molar-refractivity contribution >= 4 is 17.5 Å². The second-order valence-electron chi connectivity index (χ2n) is 5.23. The smallest absolute Gasteiger partial charge is 0.243 e. The second kappa shape index (κ2) is 6.50. The van der Waals surface area contributed by atoms with Gasteiger partial charge in [0.25, 0.3) is 0 Å². The number of carbonyl (C=O) groups is 2. The first-order valence-electron chi connectivity index (χ1n) is 6.86. The molecule has 20 heavy (non-hydrogen) atoms. The topological polar surface area (TPSA) is 49.4 Å². The van der Waals surface area contributed by atoms with E-state index in [0.717, 1.165) is 25.7 Å². The van der Waals surface area contributed by atoms with Crippen molar-refractivity contribution < 1.29 is 14.0 Å². The lowest BCUT2D eigenvalue weighted by Crippen LogP contribution is -2.37. The van der Waals surface area contributed by atoms with Gasteiger partial charge in [-0.25, -0.2) is 4.39 Å². The van der Waals surface area contributed by atoms with Crippen LogP contribution in [0.15, 0.2) is 24.3 Å². The van der Waals surface area contributed by atoms with Crippen LogP contribution in [0.25, 0.3) is 0 Å². The number of rotatable bonds is 4. The Morgan fingerprint density at radius 1 is 1.35 bits per heavy atom. The van der Waals surface area contributed by atoms with Crippen LogP contribution in [0, 0.1) is 11.7 Å².